The monoisotopic (exact) mass is 1500 g/mol. The molecule has 3 aliphatic rings. The number of carbonyl (C=O) groups excluding carboxylic acids is 3. The van der Waals surface area contributed by atoms with Gasteiger partial charge in [-0.1, -0.05) is 111 Å². The molecule has 3 aromatic heterocycles. The van der Waals surface area contributed by atoms with Crippen LogP contribution < -0.4 is 37.2 Å². The normalized spacial score (nSPS) is 17.9. The summed E-state index contributed by atoms with van der Waals surface area (Å²) < 4.78 is 84.1. The summed E-state index contributed by atoms with van der Waals surface area (Å²) in [4.78, 5) is 42.2. The van der Waals surface area contributed by atoms with Gasteiger partial charge in [0.15, 0.2) is 17.5 Å². The van der Waals surface area contributed by atoms with E-state index in [1.165, 1.54) is 58.8 Å². The third-order valence-corrected chi connectivity index (χ3v) is 20.0. The van der Waals surface area contributed by atoms with Crippen LogP contribution in [0, 0.1) is 35.2 Å². The molecule has 9 aromatic rings. The van der Waals surface area contributed by atoms with Crippen molar-refractivity contribution in [2.45, 2.75) is 140 Å². The number of aromatic nitrogens is 12. The first kappa shape index (κ1) is 80.3. The molecule has 6 atom stereocenters. The van der Waals surface area contributed by atoms with E-state index in [2.05, 4.69) is 95.7 Å². The van der Waals surface area contributed by atoms with Crippen molar-refractivity contribution in [3.05, 3.63) is 180 Å². The van der Waals surface area contributed by atoms with Gasteiger partial charge in [0, 0.05) is 94.7 Å². The van der Waals surface area contributed by atoms with Gasteiger partial charge in [0.05, 0.1) is 6.54 Å². The lowest BCUT2D eigenvalue weighted by Crippen LogP contribution is -2.49. The lowest BCUT2D eigenvalue weighted by atomic mass is 9.84. The summed E-state index contributed by atoms with van der Waals surface area (Å²) in [6, 6.07) is 40.9. The smallest absolute Gasteiger partial charge is 0.335 e. The summed E-state index contributed by atoms with van der Waals surface area (Å²) in [5.74, 6) is 1.82. The van der Waals surface area contributed by atoms with E-state index < -0.39 is 18.8 Å². The highest BCUT2D eigenvalue weighted by atomic mass is 19.4. The zero-order chi connectivity index (χ0) is 76.2. The van der Waals surface area contributed by atoms with Crippen LogP contribution in [-0.4, -0.2) is 166 Å². The van der Waals surface area contributed by atoms with Gasteiger partial charge in [0.25, 0.3) is 0 Å². The van der Waals surface area contributed by atoms with Crippen molar-refractivity contribution in [2.75, 3.05) is 68.8 Å². The first-order valence-corrected chi connectivity index (χ1v) is 37.3. The van der Waals surface area contributed by atoms with Crippen LogP contribution in [0.2, 0.25) is 0 Å². The van der Waals surface area contributed by atoms with Gasteiger partial charge in [-0.2, -0.15) is 13.2 Å². The van der Waals surface area contributed by atoms with Crippen molar-refractivity contribution in [2.24, 2.45) is 38.9 Å². The predicted molar refractivity (Wildman–Crippen MR) is 416 cm³/mol. The third kappa shape index (κ3) is 26.0. The molecule has 0 radical (unpaired) electrons. The van der Waals surface area contributed by atoms with Crippen LogP contribution >= 0.6 is 0 Å². The number of urea groups is 3. The van der Waals surface area contributed by atoms with E-state index in [0.29, 0.717) is 65.6 Å². The second-order valence-corrected chi connectivity index (χ2v) is 28.4. The van der Waals surface area contributed by atoms with Crippen LogP contribution in [0.4, 0.5) is 57.8 Å². The van der Waals surface area contributed by atoms with E-state index in [-0.39, 0.29) is 75.2 Å². The summed E-state index contributed by atoms with van der Waals surface area (Å²) >= 11 is 0. The average Bonchev–Trinajstić information content (AvgIpc) is 1.59. The molecule has 24 nitrogen and oxygen atoms in total. The maximum absolute atomic E-state index is 13.4. The van der Waals surface area contributed by atoms with E-state index in [0.717, 1.165) is 143 Å². The van der Waals surface area contributed by atoms with E-state index in [4.69, 9.17) is 0 Å². The molecule has 7 N–H and O–H groups in total. The van der Waals surface area contributed by atoms with Crippen LogP contribution in [0.3, 0.4) is 0 Å². The van der Waals surface area contributed by atoms with Gasteiger partial charge in [-0.3, -0.25) is 4.90 Å². The summed E-state index contributed by atoms with van der Waals surface area (Å²) in [5.41, 5.74) is 7.57. The van der Waals surface area contributed by atoms with Gasteiger partial charge < -0.3 is 42.1 Å². The fourth-order valence-corrected chi connectivity index (χ4v) is 14.5. The number of amides is 6. The van der Waals surface area contributed by atoms with Gasteiger partial charge in [-0.25, -0.2) is 41.6 Å². The third-order valence-electron chi connectivity index (χ3n) is 20.0. The number of nitrogens with one attached hydrogen (secondary N) is 7. The number of halogens is 6. The summed E-state index contributed by atoms with van der Waals surface area (Å²) in [6.07, 6.45) is 12.7. The van der Waals surface area contributed by atoms with Gasteiger partial charge in [0.2, 0.25) is 0 Å². The van der Waals surface area contributed by atoms with Gasteiger partial charge in [-0.05, 0) is 249 Å². The van der Waals surface area contributed by atoms with E-state index >= 15 is 0 Å². The topological polar surface area (TPSA) is 273 Å². The molecule has 3 heterocycles. The summed E-state index contributed by atoms with van der Waals surface area (Å²) in [5, 5.41) is 56.3. The first-order chi connectivity index (χ1) is 52.2. The minimum atomic E-state index is -4.33. The molecular weight excluding hydrogens is 1390 g/mol. The lowest BCUT2D eigenvalue weighted by Gasteiger charge is -2.36. The maximum Gasteiger partial charge on any atom is 0.401 e. The molecule has 6 amide bonds. The molecule has 108 heavy (non-hydrogen) atoms. The van der Waals surface area contributed by atoms with Crippen molar-refractivity contribution >= 4 is 35.2 Å². The molecule has 3 aliphatic carbocycles. The van der Waals surface area contributed by atoms with Crippen LogP contribution in [0.5, 0.6) is 0 Å². The Labute approximate surface area is 635 Å². The SMILES string of the molecule is CN(CCCc1ccc(F)cc1)C[C@@H]1CCCC[C@H]1NC(=O)Nc1cccc(-c2nnnn2C)c1.Cn1nnnc1-c1cccc(NC(=O)N[C@@H]2CCCC[C@H]2CN(CCCc2ccc(F)cc2)CC(F)(F)F)c1.Cn1nnnc1-c1cccc(NC(=O)N[C@@H]2CCCC[C@H]2CNCCCc2ccc(F)cc2)c1.[HH].[HH].[HH].[HH].[HH].[HH]. The van der Waals surface area contributed by atoms with Crippen molar-refractivity contribution in [1.82, 2.24) is 91.7 Å². The Balaban J connectivity index is 0.000000352. The number of tetrazole rings is 3. The fraction of sp³-hybridized carbons (Fsp3) is 0.462. The second-order valence-electron chi connectivity index (χ2n) is 28.4. The Kier molecular flexibility index (Phi) is 30.3. The molecule has 0 aliphatic heterocycles. The molecule has 0 bridgehead atoms. The minimum absolute atomic E-state index is 0. The highest BCUT2D eigenvalue weighted by Crippen LogP contribution is 2.31. The van der Waals surface area contributed by atoms with Crippen molar-refractivity contribution in [3.8, 4) is 34.2 Å². The standard InChI is InChI=1S/C27H33F4N7O.C26H34FN7O.C25H32FN7O.6H2/c1-37-25(34-35-36-37)20-8-4-9-23(16-20)32-26(39)33-24-10-3-2-7-21(24)17-38(18-27(29,30)31)15-5-6-19-11-13-22(28)14-12-19;1-33(16-6-7-19-12-14-22(27)15-13-19)18-21-8-3-4-11-24(21)29-26(35)28-23-10-5-9-20(17-23)25-30-31-32-34(25)2;1-33-24(30-31-32-33)19-8-4-9-22(16-19)28-25(34)29-23-10-3-2-7-20(23)17-27-15-5-6-18-11-13-21(26)14-12-18;;;;;;/h4,8-9,11-14,16,21,24H,2-3,5-7,10,15,17-18H2,1H3,(H2,32,33,39);5,9-10,12-15,17,21,24H,3-4,6-8,11,16,18H2,1-2H3,(H2,28,29,35);4,8-9,11-14,16,20,23,27H,2-3,5-7,10,15,17H2,1H3,(H2,28,29,34);6*1H/t2*21-,24+;20-,23+;;;;;;/m000....../s1. The Morgan fingerprint density at radius 3 is 1.19 bits per heavy atom. The number of aryl methyl sites for hydroxylation is 6. The van der Waals surface area contributed by atoms with Crippen molar-refractivity contribution in [3.63, 3.8) is 0 Å². The number of benzene rings is 6. The lowest BCUT2D eigenvalue weighted by molar-refractivity contribution is -0.147. The molecule has 0 spiro atoms. The average molecular weight is 1500 g/mol. The minimum Gasteiger partial charge on any atom is -0.335 e. The van der Waals surface area contributed by atoms with Crippen molar-refractivity contribution in [1.29, 1.82) is 0 Å². The van der Waals surface area contributed by atoms with E-state index in [1.54, 1.807) is 60.8 Å². The van der Waals surface area contributed by atoms with Gasteiger partial charge in [0.1, 0.15) is 17.5 Å². The molecule has 12 rings (SSSR count). The van der Waals surface area contributed by atoms with E-state index in [9.17, 15) is 40.7 Å². The number of hydrogen-bond acceptors (Lipinski definition) is 15. The number of carbonyl (C=O) groups is 3. The largest absolute Gasteiger partial charge is 0.401 e. The Bertz CT molecular complexity index is 4270. The highest BCUT2D eigenvalue weighted by molar-refractivity contribution is 5.91. The highest BCUT2D eigenvalue weighted by Gasteiger charge is 2.35. The Morgan fingerprint density at radius 2 is 0.815 bits per heavy atom. The van der Waals surface area contributed by atoms with Gasteiger partial charge in [-0.15, -0.1) is 15.3 Å². The molecule has 3 saturated carbocycles. The number of rotatable bonds is 28. The van der Waals surface area contributed by atoms with Crippen molar-refractivity contribution < 1.29 is 49.3 Å². The van der Waals surface area contributed by atoms with Gasteiger partial charge >= 0.3 is 24.3 Å². The molecule has 30 heteroatoms. The fourth-order valence-electron chi connectivity index (χ4n) is 14.5. The first-order valence-electron chi connectivity index (χ1n) is 37.3. The van der Waals surface area contributed by atoms with E-state index in [1.807, 2.05) is 78.9 Å². The summed E-state index contributed by atoms with van der Waals surface area (Å²) in [6.45, 7) is 3.19. The summed E-state index contributed by atoms with van der Waals surface area (Å²) in [7, 11) is 7.42. The molecule has 3 fully saturated rings. The number of nitrogens with zero attached hydrogens (tertiary/aromatic N) is 14. The zero-order valence-electron chi connectivity index (χ0n) is 61.8. The predicted octanol–water partition coefficient (Wildman–Crippen LogP) is 14.8. The number of alkyl halides is 3. The Morgan fingerprint density at radius 1 is 0.463 bits per heavy atom. The molecule has 0 unspecified atom stereocenters. The van der Waals surface area contributed by atoms with Crippen LogP contribution in [-0.2, 0) is 40.4 Å². The molecular formula is C78H111F6N21O3. The Hall–Kier alpha value is -10.2. The molecule has 588 valence electrons. The van der Waals surface area contributed by atoms with Crippen LogP contribution in [0.1, 0.15) is 122 Å². The number of hydrogen-bond donors (Lipinski definition) is 7. The van der Waals surface area contributed by atoms with Crippen LogP contribution in [0.25, 0.3) is 34.2 Å². The second kappa shape index (κ2) is 40.7. The molecule has 6 aromatic carbocycles. The zero-order valence-corrected chi connectivity index (χ0v) is 61.8. The maximum atomic E-state index is 13.4. The molecule has 0 saturated heterocycles. The quantitative estimate of drug-likeness (QED) is 0.0177. The number of anilines is 3. The van der Waals surface area contributed by atoms with Crippen LogP contribution in [0.15, 0.2) is 146 Å².